The predicted octanol–water partition coefficient (Wildman–Crippen LogP) is 3.56. The molecule has 0 radical (unpaired) electrons. The van der Waals surface area contributed by atoms with Crippen LogP contribution in [0.4, 0.5) is 0 Å². The van der Waals surface area contributed by atoms with Crippen LogP contribution >= 0.6 is 11.3 Å². The van der Waals surface area contributed by atoms with Crippen LogP contribution in [0.1, 0.15) is 36.4 Å². The zero-order valence-corrected chi connectivity index (χ0v) is 11.7. The van der Waals surface area contributed by atoms with Gasteiger partial charge in [0.15, 0.2) is 0 Å². The summed E-state index contributed by atoms with van der Waals surface area (Å²) in [4.78, 5) is 5.37. The Morgan fingerprint density at radius 3 is 2.44 bits per heavy atom. The molecule has 1 unspecified atom stereocenters. The lowest BCUT2D eigenvalue weighted by Gasteiger charge is -2.19. The van der Waals surface area contributed by atoms with E-state index >= 15 is 0 Å². The molecule has 96 valence electrons. The Hall–Kier alpha value is -1.39. The van der Waals surface area contributed by atoms with Crippen LogP contribution < -0.4 is 10.1 Å². The molecule has 2 rings (SSSR count). The summed E-state index contributed by atoms with van der Waals surface area (Å²) in [5.41, 5.74) is 3.12. The molecule has 0 spiro atoms. The minimum atomic E-state index is 0.299. The first-order valence-electron chi connectivity index (χ1n) is 5.99. The lowest BCUT2D eigenvalue weighted by molar-refractivity contribution is 0.414. The summed E-state index contributed by atoms with van der Waals surface area (Å²) in [6.07, 6.45) is 1.92. The first-order valence-corrected chi connectivity index (χ1v) is 6.87. The number of nitrogens with zero attached hydrogens (tertiary/aromatic N) is 1. The first-order chi connectivity index (χ1) is 8.70. The van der Waals surface area contributed by atoms with Crippen LogP contribution in [0.15, 0.2) is 36.0 Å². The second kappa shape index (κ2) is 5.98. The molecule has 0 aliphatic heterocycles. The zero-order chi connectivity index (χ0) is 13.0. The summed E-state index contributed by atoms with van der Waals surface area (Å²) < 4.78 is 5.16. The number of hydrogen-bond acceptors (Lipinski definition) is 4. The summed E-state index contributed by atoms with van der Waals surface area (Å²) in [5, 5.41) is 3.57. The summed E-state index contributed by atoms with van der Waals surface area (Å²) in [6.45, 7) is 4.33. The third-order valence-corrected chi connectivity index (χ3v) is 3.95. The van der Waals surface area contributed by atoms with Gasteiger partial charge in [-0.25, -0.2) is 0 Å². The number of thiazole rings is 1. The lowest BCUT2D eigenvalue weighted by atomic mass is 10.1. The quantitative estimate of drug-likeness (QED) is 0.894. The van der Waals surface area contributed by atoms with Crippen molar-refractivity contribution in [3.8, 4) is 5.75 Å². The summed E-state index contributed by atoms with van der Waals surface area (Å²) in [6, 6.07) is 8.78. The second-order valence-electron chi connectivity index (χ2n) is 4.29. The standard InChI is InChI=1S/C14H18N2OS/c1-10(12-4-6-13(17-3)7-5-12)16-11(2)14-8-15-9-18-14/h4-11,16H,1-3H3/t10-,11?/m1/s1. The third kappa shape index (κ3) is 3.09. The van der Waals surface area contributed by atoms with Gasteiger partial charge in [0.2, 0.25) is 0 Å². The van der Waals surface area contributed by atoms with E-state index in [2.05, 4.69) is 36.3 Å². The number of rotatable bonds is 5. The fraction of sp³-hybridized carbons (Fsp3) is 0.357. The zero-order valence-electron chi connectivity index (χ0n) is 10.9. The Morgan fingerprint density at radius 2 is 1.89 bits per heavy atom. The monoisotopic (exact) mass is 262 g/mol. The van der Waals surface area contributed by atoms with E-state index in [9.17, 15) is 0 Å². The van der Waals surface area contributed by atoms with Gasteiger partial charge in [-0.1, -0.05) is 12.1 Å². The van der Waals surface area contributed by atoms with Gasteiger partial charge >= 0.3 is 0 Å². The summed E-state index contributed by atoms with van der Waals surface area (Å²) in [7, 11) is 1.68. The van der Waals surface area contributed by atoms with E-state index in [0.29, 0.717) is 12.1 Å². The van der Waals surface area contributed by atoms with Crippen molar-refractivity contribution >= 4 is 11.3 Å². The SMILES string of the molecule is COc1ccc([C@@H](C)NC(C)c2cncs2)cc1. The smallest absolute Gasteiger partial charge is 0.118 e. The molecule has 0 aliphatic carbocycles. The van der Waals surface area contributed by atoms with Crippen LogP contribution in [-0.2, 0) is 0 Å². The minimum absolute atomic E-state index is 0.299. The summed E-state index contributed by atoms with van der Waals surface area (Å²) in [5.74, 6) is 0.890. The molecule has 1 aromatic carbocycles. The highest BCUT2D eigenvalue weighted by molar-refractivity contribution is 7.09. The molecule has 1 aromatic heterocycles. The van der Waals surface area contributed by atoms with Gasteiger partial charge in [0, 0.05) is 23.2 Å². The fourth-order valence-corrected chi connectivity index (χ4v) is 2.52. The van der Waals surface area contributed by atoms with Crippen LogP contribution in [-0.4, -0.2) is 12.1 Å². The number of nitrogens with one attached hydrogen (secondary N) is 1. The van der Waals surface area contributed by atoms with Crippen LogP contribution in [0.3, 0.4) is 0 Å². The first kappa shape index (κ1) is 13.1. The number of methoxy groups -OCH3 is 1. The van der Waals surface area contributed by atoms with E-state index in [1.54, 1.807) is 18.4 Å². The highest BCUT2D eigenvalue weighted by Gasteiger charge is 2.12. The highest BCUT2D eigenvalue weighted by Crippen LogP contribution is 2.22. The summed E-state index contributed by atoms with van der Waals surface area (Å²) >= 11 is 1.68. The second-order valence-corrected chi connectivity index (χ2v) is 5.20. The van der Waals surface area contributed by atoms with Crippen LogP contribution in [0.25, 0.3) is 0 Å². The van der Waals surface area contributed by atoms with Gasteiger partial charge in [0.25, 0.3) is 0 Å². The van der Waals surface area contributed by atoms with Gasteiger partial charge in [-0.15, -0.1) is 11.3 Å². The molecule has 18 heavy (non-hydrogen) atoms. The maximum atomic E-state index is 5.16. The van der Waals surface area contributed by atoms with E-state index < -0.39 is 0 Å². The normalized spacial score (nSPS) is 14.2. The minimum Gasteiger partial charge on any atom is -0.497 e. The van der Waals surface area contributed by atoms with Crippen LogP contribution in [0.5, 0.6) is 5.75 Å². The van der Waals surface area contributed by atoms with Crippen molar-refractivity contribution in [2.75, 3.05) is 7.11 Å². The van der Waals surface area contributed by atoms with E-state index in [-0.39, 0.29) is 0 Å². The molecule has 2 aromatic rings. The van der Waals surface area contributed by atoms with E-state index in [1.165, 1.54) is 10.4 Å². The van der Waals surface area contributed by atoms with E-state index in [0.717, 1.165) is 5.75 Å². The maximum absolute atomic E-state index is 5.16. The Kier molecular flexibility index (Phi) is 4.33. The number of ether oxygens (including phenoxy) is 1. The van der Waals surface area contributed by atoms with Crippen molar-refractivity contribution in [1.82, 2.24) is 10.3 Å². The van der Waals surface area contributed by atoms with Gasteiger partial charge in [0.1, 0.15) is 5.75 Å². The average Bonchev–Trinajstić information content (AvgIpc) is 2.92. The predicted molar refractivity (Wildman–Crippen MR) is 75.1 cm³/mol. The molecule has 0 bridgehead atoms. The van der Waals surface area contributed by atoms with Gasteiger partial charge in [-0.05, 0) is 31.5 Å². The molecule has 0 saturated heterocycles. The topological polar surface area (TPSA) is 34.1 Å². The molecule has 3 nitrogen and oxygen atoms in total. The number of benzene rings is 1. The van der Waals surface area contributed by atoms with Crippen molar-refractivity contribution in [3.63, 3.8) is 0 Å². The van der Waals surface area contributed by atoms with Crippen molar-refractivity contribution in [2.45, 2.75) is 25.9 Å². The molecular formula is C14H18N2OS. The van der Waals surface area contributed by atoms with E-state index in [4.69, 9.17) is 4.74 Å². The number of aromatic nitrogens is 1. The largest absolute Gasteiger partial charge is 0.497 e. The molecule has 0 aliphatic rings. The van der Waals surface area contributed by atoms with Crippen molar-refractivity contribution < 1.29 is 4.74 Å². The average molecular weight is 262 g/mol. The molecule has 0 fully saturated rings. The third-order valence-electron chi connectivity index (χ3n) is 2.99. The molecule has 4 heteroatoms. The molecule has 0 amide bonds. The van der Waals surface area contributed by atoms with Crippen molar-refractivity contribution in [2.24, 2.45) is 0 Å². The fourth-order valence-electron chi connectivity index (χ4n) is 1.89. The van der Waals surface area contributed by atoms with Crippen molar-refractivity contribution in [3.05, 3.63) is 46.4 Å². The molecule has 2 atom stereocenters. The Labute approximate surface area is 112 Å². The van der Waals surface area contributed by atoms with Crippen LogP contribution in [0, 0.1) is 0 Å². The van der Waals surface area contributed by atoms with Gasteiger partial charge in [0.05, 0.1) is 12.6 Å². The van der Waals surface area contributed by atoms with Crippen molar-refractivity contribution in [1.29, 1.82) is 0 Å². The van der Waals surface area contributed by atoms with E-state index in [1.807, 2.05) is 23.8 Å². The number of hydrogen-bond donors (Lipinski definition) is 1. The lowest BCUT2D eigenvalue weighted by Crippen LogP contribution is -2.21. The Balaban J connectivity index is 2.00. The molecule has 0 saturated carbocycles. The van der Waals surface area contributed by atoms with Gasteiger partial charge in [-0.3, -0.25) is 4.98 Å². The molecule has 1 N–H and O–H groups in total. The van der Waals surface area contributed by atoms with Gasteiger partial charge in [-0.2, -0.15) is 0 Å². The van der Waals surface area contributed by atoms with Gasteiger partial charge < -0.3 is 10.1 Å². The van der Waals surface area contributed by atoms with Crippen LogP contribution in [0.2, 0.25) is 0 Å². The molecular weight excluding hydrogens is 244 g/mol. The Morgan fingerprint density at radius 1 is 1.17 bits per heavy atom. The molecule has 1 heterocycles. The Bertz CT molecular complexity index is 467. The highest BCUT2D eigenvalue weighted by atomic mass is 32.1. The maximum Gasteiger partial charge on any atom is 0.118 e.